The fraction of sp³-hybridized carbons (Fsp3) is 0.440. The number of benzene rings is 1. The molecule has 0 N–H and O–H groups in total. The molecule has 1 aliphatic rings. The van der Waals surface area contributed by atoms with E-state index in [1.165, 1.54) is 17.8 Å². The third kappa shape index (κ3) is 5.05. The van der Waals surface area contributed by atoms with Gasteiger partial charge in [-0.3, -0.25) is 4.79 Å². The van der Waals surface area contributed by atoms with Crippen molar-refractivity contribution in [3.05, 3.63) is 58.3 Å². The number of ether oxygens (including phenoxy) is 1. The number of carbonyl (C=O) groups excluding carboxylic acids is 1. The number of rotatable bonds is 9. The molecule has 1 fully saturated rings. The van der Waals surface area contributed by atoms with Crippen molar-refractivity contribution in [2.75, 3.05) is 31.7 Å². The van der Waals surface area contributed by atoms with E-state index >= 15 is 0 Å². The molecule has 4 rings (SSSR count). The van der Waals surface area contributed by atoms with Crippen LogP contribution in [0.3, 0.4) is 0 Å². The Morgan fingerprint density at radius 2 is 2.09 bits per heavy atom. The minimum absolute atomic E-state index is 0.0361. The zero-order chi connectivity index (χ0) is 22.3. The van der Waals surface area contributed by atoms with E-state index in [1.807, 2.05) is 52.7 Å². The SMILES string of the molecule is COCCCN(Cc1c(-c2ccccc2)noc1N1CCCCC1C)C(=O)c1cccs1. The predicted molar refractivity (Wildman–Crippen MR) is 128 cm³/mol. The molecule has 1 amide bonds. The number of amides is 1. The number of hydrogen-bond acceptors (Lipinski definition) is 6. The highest BCUT2D eigenvalue weighted by Gasteiger charge is 2.30. The van der Waals surface area contributed by atoms with Gasteiger partial charge in [0.25, 0.3) is 5.91 Å². The standard InChI is InChI=1S/C25H31N3O3S/c1-19-10-6-7-15-28(19)25-21(23(26-31-25)20-11-4-3-5-12-20)18-27(14-9-16-30-2)24(29)22-13-8-17-32-22/h3-5,8,11-13,17,19H,6-7,9-10,14-16,18H2,1-2H3. The number of anilines is 1. The van der Waals surface area contributed by atoms with Crippen LogP contribution in [0.4, 0.5) is 5.88 Å². The van der Waals surface area contributed by atoms with E-state index in [1.54, 1.807) is 7.11 Å². The lowest BCUT2D eigenvalue weighted by Gasteiger charge is -2.34. The van der Waals surface area contributed by atoms with Gasteiger partial charge in [0.15, 0.2) is 0 Å². The molecule has 0 saturated carbocycles. The summed E-state index contributed by atoms with van der Waals surface area (Å²) in [5.74, 6) is 0.834. The number of thiophene rings is 1. The van der Waals surface area contributed by atoms with Crippen molar-refractivity contribution in [3.63, 3.8) is 0 Å². The third-order valence-electron chi connectivity index (χ3n) is 6.02. The van der Waals surface area contributed by atoms with Gasteiger partial charge in [-0.1, -0.05) is 41.6 Å². The van der Waals surface area contributed by atoms with Crippen LogP contribution in [0.2, 0.25) is 0 Å². The largest absolute Gasteiger partial charge is 0.385 e. The van der Waals surface area contributed by atoms with Crippen molar-refractivity contribution in [2.24, 2.45) is 0 Å². The zero-order valence-corrected chi connectivity index (χ0v) is 19.6. The van der Waals surface area contributed by atoms with Gasteiger partial charge in [0.2, 0.25) is 5.88 Å². The third-order valence-corrected chi connectivity index (χ3v) is 6.88. The van der Waals surface area contributed by atoms with E-state index < -0.39 is 0 Å². The Kier molecular flexibility index (Phi) is 7.60. The van der Waals surface area contributed by atoms with Gasteiger partial charge >= 0.3 is 0 Å². The van der Waals surface area contributed by atoms with Crippen LogP contribution in [0, 0.1) is 0 Å². The average Bonchev–Trinajstić information content (AvgIpc) is 3.50. The molecule has 3 aromatic rings. The van der Waals surface area contributed by atoms with Gasteiger partial charge in [0.1, 0.15) is 5.69 Å². The summed E-state index contributed by atoms with van der Waals surface area (Å²) < 4.78 is 11.2. The van der Waals surface area contributed by atoms with E-state index in [4.69, 9.17) is 9.26 Å². The average molecular weight is 454 g/mol. The van der Waals surface area contributed by atoms with Gasteiger partial charge in [-0.2, -0.15) is 0 Å². The van der Waals surface area contributed by atoms with Gasteiger partial charge in [-0.25, -0.2) is 0 Å². The minimum Gasteiger partial charge on any atom is -0.385 e. The highest BCUT2D eigenvalue weighted by Crippen LogP contribution is 2.35. The molecule has 1 unspecified atom stereocenters. The maximum Gasteiger partial charge on any atom is 0.264 e. The number of carbonyl (C=O) groups is 1. The van der Waals surface area contributed by atoms with E-state index in [0.29, 0.717) is 25.7 Å². The quantitative estimate of drug-likeness (QED) is 0.403. The van der Waals surface area contributed by atoms with Crippen molar-refractivity contribution < 1.29 is 14.1 Å². The molecule has 0 bridgehead atoms. The summed E-state index contributed by atoms with van der Waals surface area (Å²) in [7, 11) is 1.69. The number of nitrogens with zero attached hydrogens (tertiary/aromatic N) is 3. The molecule has 3 heterocycles. The first-order chi connectivity index (χ1) is 15.7. The van der Waals surface area contributed by atoms with Crippen LogP contribution in [0.5, 0.6) is 0 Å². The molecule has 1 saturated heterocycles. The Hall–Kier alpha value is -2.64. The smallest absolute Gasteiger partial charge is 0.264 e. The maximum absolute atomic E-state index is 13.4. The fourth-order valence-electron chi connectivity index (χ4n) is 4.29. The molecule has 170 valence electrons. The van der Waals surface area contributed by atoms with E-state index in [0.717, 1.165) is 53.4 Å². The molecular formula is C25H31N3O3S. The van der Waals surface area contributed by atoms with Crippen molar-refractivity contribution in [2.45, 2.75) is 45.2 Å². The van der Waals surface area contributed by atoms with Gasteiger partial charge < -0.3 is 19.1 Å². The summed E-state index contributed by atoms with van der Waals surface area (Å²) >= 11 is 1.47. The Morgan fingerprint density at radius 1 is 1.25 bits per heavy atom. The van der Waals surface area contributed by atoms with Crippen LogP contribution in [-0.4, -0.2) is 48.8 Å². The van der Waals surface area contributed by atoms with Crippen molar-refractivity contribution >= 4 is 23.1 Å². The van der Waals surface area contributed by atoms with Gasteiger partial charge in [0, 0.05) is 38.4 Å². The molecule has 6 nitrogen and oxygen atoms in total. The molecule has 0 spiro atoms. The van der Waals surface area contributed by atoms with Crippen molar-refractivity contribution in [3.8, 4) is 11.3 Å². The number of aromatic nitrogens is 1. The molecule has 1 atom stereocenters. The van der Waals surface area contributed by atoms with Crippen LogP contribution < -0.4 is 4.90 Å². The van der Waals surface area contributed by atoms with Gasteiger partial charge in [0.05, 0.1) is 17.0 Å². The lowest BCUT2D eigenvalue weighted by Crippen LogP contribution is -2.38. The lowest BCUT2D eigenvalue weighted by molar-refractivity contribution is 0.0729. The number of hydrogen-bond donors (Lipinski definition) is 0. The highest BCUT2D eigenvalue weighted by atomic mass is 32.1. The molecule has 0 radical (unpaired) electrons. The summed E-state index contributed by atoms with van der Waals surface area (Å²) in [5, 5.41) is 6.43. The molecule has 0 aliphatic carbocycles. The molecule has 32 heavy (non-hydrogen) atoms. The molecule has 1 aliphatic heterocycles. The highest BCUT2D eigenvalue weighted by molar-refractivity contribution is 7.12. The first-order valence-corrected chi connectivity index (χ1v) is 12.2. The van der Waals surface area contributed by atoms with E-state index in [-0.39, 0.29) is 5.91 Å². The second kappa shape index (κ2) is 10.8. The van der Waals surface area contributed by atoms with Gasteiger partial charge in [-0.05, 0) is 44.1 Å². The Bertz CT molecular complexity index is 987. The topological polar surface area (TPSA) is 58.8 Å². The maximum atomic E-state index is 13.4. The predicted octanol–water partition coefficient (Wildman–Crippen LogP) is 5.46. The summed E-state index contributed by atoms with van der Waals surface area (Å²) in [6, 6.07) is 14.3. The number of piperidine rings is 1. The summed E-state index contributed by atoms with van der Waals surface area (Å²) in [5.41, 5.74) is 2.80. The van der Waals surface area contributed by atoms with Crippen LogP contribution >= 0.6 is 11.3 Å². The summed E-state index contributed by atoms with van der Waals surface area (Å²) in [6.45, 7) is 4.85. The van der Waals surface area contributed by atoms with Gasteiger partial charge in [-0.15, -0.1) is 11.3 Å². The van der Waals surface area contributed by atoms with Crippen molar-refractivity contribution in [1.29, 1.82) is 0 Å². The fourth-order valence-corrected chi connectivity index (χ4v) is 4.98. The van der Waals surface area contributed by atoms with Crippen LogP contribution in [-0.2, 0) is 11.3 Å². The molecule has 1 aromatic carbocycles. The van der Waals surface area contributed by atoms with E-state index in [2.05, 4.69) is 17.0 Å². The minimum atomic E-state index is 0.0361. The first-order valence-electron chi connectivity index (χ1n) is 11.3. The van der Waals surface area contributed by atoms with Crippen molar-refractivity contribution in [1.82, 2.24) is 10.1 Å². The lowest BCUT2D eigenvalue weighted by atomic mass is 10.0. The first kappa shape index (κ1) is 22.6. The summed E-state index contributed by atoms with van der Waals surface area (Å²) in [4.78, 5) is 18.3. The normalized spacial score (nSPS) is 16.3. The molecule has 7 heteroatoms. The second-order valence-corrected chi connectivity index (χ2v) is 9.22. The molecule has 2 aromatic heterocycles. The van der Waals surface area contributed by atoms with Crippen LogP contribution in [0.1, 0.15) is 47.8 Å². The van der Waals surface area contributed by atoms with Crippen LogP contribution in [0.25, 0.3) is 11.3 Å². The monoisotopic (exact) mass is 453 g/mol. The Labute approximate surface area is 193 Å². The van der Waals surface area contributed by atoms with E-state index in [9.17, 15) is 4.79 Å². The Balaban J connectivity index is 1.71. The zero-order valence-electron chi connectivity index (χ0n) is 18.8. The second-order valence-electron chi connectivity index (χ2n) is 8.27. The number of methoxy groups -OCH3 is 1. The molecular weight excluding hydrogens is 422 g/mol. The Morgan fingerprint density at radius 3 is 2.81 bits per heavy atom. The summed E-state index contributed by atoms with van der Waals surface area (Å²) in [6.07, 6.45) is 4.27. The van der Waals surface area contributed by atoms with Crippen LogP contribution in [0.15, 0.2) is 52.4 Å².